The lowest BCUT2D eigenvalue weighted by molar-refractivity contribution is -0.128. The minimum Gasteiger partial charge on any atom is -0.396 e. The van der Waals surface area contributed by atoms with Gasteiger partial charge in [-0.3, -0.25) is 4.79 Å². The van der Waals surface area contributed by atoms with Crippen LogP contribution in [0.2, 0.25) is 0 Å². The Hall–Kier alpha value is -3.36. The van der Waals surface area contributed by atoms with Crippen LogP contribution in [0.15, 0.2) is 64.9 Å². The standard InChI is InChI=1S/C35H49N5O6S2/c1-24(2)20-39(48(45,46)30-13-11-27(12-14-30)15-18-41)22-32(42)31(19-28-9-7-6-8-10-28)37-34(43)33(25(3)4)40-17-16-38(35(40)44)21-29-23-47-26(5)36-29/h6-14,23-25,31-33,41-42H,15-22H2,1-5H3,(H,37,43)/t31-,32+,33-/m0/s1. The first-order chi connectivity index (χ1) is 22.8. The molecule has 3 amide bonds. The molecule has 0 unspecified atom stereocenters. The summed E-state index contributed by atoms with van der Waals surface area (Å²) >= 11 is 1.53. The van der Waals surface area contributed by atoms with Crippen molar-refractivity contribution >= 4 is 33.3 Å². The molecule has 3 N–H and O–H groups in total. The number of thiazole rings is 1. The molecular weight excluding hydrogens is 651 g/mol. The number of carbonyl (C=O) groups is 2. The van der Waals surface area contributed by atoms with Gasteiger partial charge < -0.3 is 25.3 Å². The molecule has 0 saturated carbocycles. The maximum atomic E-state index is 14.1. The minimum absolute atomic E-state index is 0.0366. The Balaban J connectivity index is 1.56. The zero-order valence-electron chi connectivity index (χ0n) is 28.4. The summed E-state index contributed by atoms with van der Waals surface area (Å²) in [6.45, 7) is 10.6. The van der Waals surface area contributed by atoms with Gasteiger partial charge in [-0.15, -0.1) is 11.3 Å². The monoisotopic (exact) mass is 699 g/mol. The Kier molecular flexibility index (Phi) is 13.1. The predicted octanol–water partition coefficient (Wildman–Crippen LogP) is 3.68. The summed E-state index contributed by atoms with van der Waals surface area (Å²) in [5.41, 5.74) is 2.49. The molecule has 1 aromatic heterocycles. The molecule has 0 aliphatic carbocycles. The first-order valence-electron chi connectivity index (χ1n) is 16.5. The smallest absolute Gasteiger partial charge is 0.321 e. The topological polar surface area (TPSA) is 143 Å². The zero-order valence-corrected chi connectivity index (χ0v) is 30.1. The van der Waals surface area contributed by atoms with E-state index in [-0.39, 0.29) is 48.9 Å². The summed E-state index contributed by atoms with van der Waals surface area (Å²) < 4.78 is 29.0. The van der Waals surface area contributed by atoms with Crippen LogP contribution in [0.5, 0.6) is 0 Å². The van der Waals surface area contributed by atoms with Crippen molar-refractivity contribution in [3.63, 3.8) is 0 Å². The number of amides is 3. The predicted molar refractivity (Wildman–Crippen MR) is 187 cm³/mol. The van der Waals surface area contributed by atoms with E-state index in [4.69, 9.17) is 0 Å². The van der Waals surface area contributed by atoms with Crippen molar-refractivity contribution in [2.24, 2.45) is 11.8 Å². The van der Waals surface area contributed by atoms with Crippen molar-refractivity contribution in [2.45, 2.75) is 77.1 Å². The largest absolute Gasteiger partial charge is 0.396 e. The van der Waals surface area contributed by atoms with E-state index in [0.717, 1.165) is 21.8 Å². The molecule has 48 heavy (non-hydrogen) atoms. The van der Waals surface area contributed by atoms with Crippen molar-refractivity contribution in [1.29, 1.82) is 0 Å². The number of aliphatic hydroxyl groups excluding tert-OH is 2. The van der Waals surface area contributed by atoms with Gasteiger partial charge >= 0.3 is 6.03 Å². The van der Waals surface area contributed by atoms with Crippen LogP contribution in [0.25, 0.3) is 0 Å². The first-order valence-corrected chi connectivity index (χ1v) is 18.8. The fourth-order valence-electron chi connectivity index (χ4n) is 6.03. The van der Waals surface area contributed by atoms with Gasteiger partial charge in [-0.25, -0.2) is 18.2 Å². The molecule has 1 saturated heterocycles. The average Bonchev–Trinajstić information content (AvgIpc) is 3.61. The fraction of sp³-hybridized carbons (Fsp3) is 0.514. The van der Waals surface area contributed by atoms with Gasteiger partial charge in [-0.05, 0) is 54.9 Å². The molecule has 13 heteroatoms. The number of benzene rings is 2. The van der Waals surface area contributed by atoms with E-state index in [9.17, 15) is 28.2 Å². The number of aromatic nitrogens is 1. The molecule has 4 rings (SSSR count). The number of nitrogens with zero attached hydrogens (tertiary/aromatic N) is 4. The van der Waals surface area contributed by atoms with Gasteiger partial charge in [0.15, 0.2) is 0 Å². The highest BCUT2D eigenvalue weighted by molar-refractivity contribution is 7.89. The van der Waals surface area contributed by atoms with E-state index >= 15 is 0 Å². The number of sulfonamides is 1. The molecule has 0 spiro atoms. The van der Waals surface area contributed by atoms with Crippen LogP contribution in [0, 0.1) is 18.8 Å². The van der Waals surface area contributed by atoms with Crippen molar-refractivity contribution in [1.82, 2.24) is 24.4 Å². The molecule has 3 aromatic rings. The summed E-state index contributed by atoms with van der Waals surface area (Å²) in [7, 11) is -4.00. The highest BCUT2D eigenvalue weighted by Crippen LogP contribution is 2.23. The van der Waals surface area contributed by atoms with E-state index in [1.165, 1.54) is 27.8 Å². The molecular formula is C35H49N5O6S2. The number of rotatable bonds is 17. The van der Waals surface area contributed by atoms with Gasteiger partial charge in [0.25, 0.3) is 0 Å². The summed E-state index contributed by atoms with van der Waals surface area (Å²) in [5, 5.41) is 26.9. The van der Waals surface area contributed by atoms with Crippen LogP contribution in [0.1, 0.15) is 49.5 Å². The van der Waals surface area contributed by atoms with E-state index in [2.05, 4.69) is 10.3 Å². The van der Waals surface area contributed by atoms with Gasteiger partial charge in [0.2, 0.25) is 15.9 Å². The fourth-order valence-corrected chi connectivity index (χ4v) is 8.25. The molecule has 2 heterocycles. The van der Waals surface area contributed by atoms with E-state index in [1.807, 2.05) is 70.3 Å². The first kappa shape index (κ1) is 37.5. The lowest BCUT2D eigenvalue weighted by Crippen LogP contribution is -2.57. The Morgan fingerprint density at radius 1 is 1.02 bits per heavy atom. The van der Waals surface area contributed by atoms with Crippen LogP contribution in [-0.4, -0.2) is 101 Å². The van der Waals surface area contributed by atoms with E-state index in [1.54, 1.807) is 21.9 Å². The number of hydrogen-bond acceptors (Lipinski definition) is 8. The molecule has 1 fully saturated rings. The van der Waals surface area contributed by atoms with E-state index in [0.29, 0.717) is 26.1 Å². The summed E-state index contributed by atoms with van der Waals surface area (Å²) in [6.07, 6.45) is -0.588. The van der Waals surface area contributed by atoms with Crippen LogP contribution in [0.3, 0.4) is 0 Å². The quantitative estimate of drug-likeness (QED) is 0.195. The maximum Gasteiger partial charge on any atom is 0.321 e. The number of carbonyl (C=O) groups excluding carboxylic acids is 2. The molecule has 262 valence electrons. The normalized spacial score (nSPS) is 15.8. The van der Waals surface area contributed by atoms with Crippen molar-refractivity contribution in [3.8, 4) is 0 Å². The van der Waals surface area contributed by atoms with Gasteiger partial charge in [-0.1, -0.05) is 70.2 Å². The molecule has 1 aliphatic heterocycles. The molecule has 1 aliphatic rings. The average molecular weight is 700 g/mol. The van der Waals surface area contributed by atoms with Crippen LogP contribution >= 0.6 is 11.3 Å². The SMILES string of the molecule is Cc1nc(CN2CCN([C@H](C(=O)N[C@@H](Cc3ccccc3)[C@H](O)CN(CC(C)C)S(=O)(=O)c3ccc(CCO)cc3)C(C)C)C2=O)cs1. The third-order valence-corrected chi connectivity index (χ3v) is 11.1. The second-order valence-corrected chi connectivity index (χ2v) is 16.1. The maximum absolute atomic E-state index is 14.1. The Bertz CT molecular complexity index is 1600. The molecule has 2 aromatic carbocycles. The summed E-state index contributed by atoms with van der Waals surface area (Å²) in [5.74, 6) is -0.663. The second-order valence-electron chi connectivity index (χ2n) is 13.1. The number of aliphatic hydroxyl groups is 2. The molecule has 0 bridgehead atoms. The summed E-state index contributed by atoms with van der Waals surface area (Å²) in [4.78, 5) is 35.4. The van der Waals surface area contributed by atoms with Gasteiger partial charge in [0, 0.05) is 38.2 Å². The number of hydrogen-bond donors (Lipinski definition) is 3. The second kappa shape index (κ2) is 16.8. The highest BCUT2D eigenvalue weighted by atomic mass is 32.2. The minimum atomic E-state index is -4.00. The molecule has 11 nitrogen and oxygen atoms in total. The lowest BCUT2D eigenvalue weighted by atomic mass is 9.97. The van der Waals surface area contributed by atoms with Crippen LogP contribution in [0.4, 0.5) is 4.79 Å². The van der Waals surface area contributed by atoms with Crippen LogP contribution in [-0.2, 0) is 34.2 Å². The number of aryl methyl sites for hydroxylation is 1. The van der Waals surface area contributed by atoms with Crippen molar-refractivity contribution < 1.29 is 28.2 Å². The van der Waals surface area contributed by atoms with E-state index < -0.39 is 34.1 Å². The van der Waals surface area contributed by atoms with Crippen LogP contribution < -0.4 is 5.32 Å². The lowest BCUT2D eigenvalue weighted by Gasteiger charge is -2.34. The van der Waals surface area contributed by atoms with Gasteiger partial charge in [0.1, 0.15) is 6.04 Å². The summed E-state index contributed by atoms with van der Waals surface area (Å²) in [6, 6.07) is 13.9. The number of nitrogens with one attached hydrogen (secondary N) is 1. The zero-order chi connectivity index (χ0) is 35.0. The molecule has 0 radical (unpaired) electrons. The third-order valence-electron chi connectivity index (χ3n) is 8.39. The molecule has 3 atom stereocenters. The van der Waals surface area contributed by atoms with Gasteiger partial charge in [-0.2, -0.15) is 4.31 Å². The van der Waals surface area contributed by atoms with Crippen molar-refractivity contribution in [2.75, 3.05) is 32.8 Å². The Morgan fingerprint density at radius 3 is 2.29 bits per heavy atom. The third kappa shape index (κ3) is 9.63. The van der Waals surface area contributed by atoms with Gasteiger partial charge in [0.05, 0.1) is 34.3 Å². The Morgan fingerprint density at radius 2 is 1.71 bits per heavy atom. The Labute approximate surface area is 288 Å². The van der Waals surface area contributed by atoms with Crippen molar-refractivity contribution in [3.05, 3.63) is 81.8 Å². The highest BCUT2D eigenvalue weighted by Gasteiger charge is 2.40. The number of urea groups is 1.